The monoisotopic (exact) mass is 408 g/mol. The van der Waals surface area contributed by atoms with Crippen molar-refractivity contribution in [2.45, 2.75) is 38.1 Å². The molecule has 0 spiro atoms. The third kappa shape index (κ3) is 3.65. The summed E-state index contributed by atoms with van der Waals surface area (Å²) in [6.45, 7) is 0. The van der Waals surface area contributed by atoms with E-state index in [2.05, 4.69) is 21.2 Å². The maximum Gasteiger partial charge on any atom is 0.252 e. The van der Waals surface area contributed by atoms with E-state index in [4.69, 9.17) is 4.98 Å². The van der Waals surface area contributed by atoms with Gasteiger partial charge in [0.2, 0.25) is 0 Å². The maximum atomic E-state index is 13.0. The predicted molar refractivity (Wildman–Crippen MR) is 109 cm³/mol. The lowest BCUT2D eigenvalue weighted by molar-refractivity contribution is 0.0929. The van der Waals surface area contributed by atoms with Crippen LogP contribution in [0.2, 0.25) is 0 Å². The lowest BCUT2D eigenvalue weighted by atomic mass is 9.95. The summed E-state index contributed by atoms with van der Waals surface area (Å²) in [5, 5.41) is 4.15. The second-order valence-corrected chi connectivity index (χ2v) is 7.80. The zero-order valence-electron chi connectivity index (χ0n) is 14.5. The van der Waals surface area contributed by atoms with Crippen LogP contribution >= 0.6 is 15.9 Å². The number of benzene rings is 2. The Hall–Kier alpha value is -2.20. The van der Waals surface area contributed by atoms with Crippen LogP contribution in [0.1, 0.15) is 42.5 Å². The lowest BCUT2D eigenvalue weighted by Gasteiger charge is -2.23. The molecular formula is C22H21BrN2O. The number of hydrogen-bond donors (Lipinski definition) is 1. The van der Waals surface area contributed by atoms with Crippen molar-refractivity contribution in [3.8, 4) is 11.3 Å². The molecule has 1 aliphatic rings. The first-order chi connectivity index (χ1) is 12.7. The van der Waals surface area contributed by atoms with E-state index in [1.165, 1.54) is 19.3 Å². The average molecular weight is 409 g/mol. The van der Waals surface area contributed by atoms with Gasteiger partial charge in [-0.15, -0.1) is 0 Å². The van der Waals surface area contributed by atoms with E-state index in [0.29, 0.717) is 11.6 Å². The quantitative estimate of drug-likeness (QED) is 0.601. The van der Waals surface area contributed by atoms with Crippen LogP contribution in [0, 0.1) is 0 Å². The second-order valence-electron chi connectivity index (χ2n) is 6.89. The maximum absolute atomic E-state index is 13.0. The van der Waals surface area contributed by atoms with Gasteiger partial charge in [0.05, 0.1) is 16.8 Å². The standard InChI is InChI=1S/C22H21BrN2O/c23-16-12-10-15(11-13-16)21-14-19(18-8-4-5-9-20(18)25-21)22(26)24-17-6-2-1-3-7-17/h4-5,8-14,17H,1-3,6-7H2,(H,24,26). The molecule has 1 aliphatic carbocycles. The van der Waals surface area contributed by atoms with Crippen molar-refractivity contribution >= 4 is 32.7 Å². The molecule has 1 saturated carbocycles. The number of aromatic nitrogens is 1. The van der Waals surface area contributed by atoms with E-state index in [-0.39, 0.29) is 5.91 Å². The first-order valence-corrected chi connectivity index (χ1v) is 9.96. The van der Waals surface area contributed by atoms with Gasteiger partial charge in [0.25, 0.3) is 5.91 Å². The molecular weight excluding hydrogens is 388 g/mol. The molecule has 1 N–H and O–H groups in total. The Kier molecular flexibility index (Phi) is 5.02. The van der Waals surface area contributed by atoms with E-state index in [1.54, 1.807) is 0 Å². The van der Waals surface area contributed by atoms with E-state index in [0.717, 1.165) is 39.5 Å². The summed E-state index contributed by atoms with van der Waals surface area (Å²) >= 11 is 3.47. The highest BCUT2D eigenvalue weighted by molar-refractivity contribution is 9.10. The van der Waals surface area contributed by atoms with Crippen LogP contribution in [0.15, 0.2) is 59.1 Å². The first kappa shape index (κ1) is 17.2. The number of carbonyl (C=O) groups is 1. The normalized spacial score (nSPS) is 15.1. The molecule has 1 heterocycles. The van der Waals surface area contributed by atoms with E-state index < -0.39 is 0 Å². The van der Waals surface area contributed by atoms with Crippen molar-refractivity contribution in [1.29, 1.82) is 0 Å². The summed E-state index contributed by atoms with van der Waals surface area (Å²) in [5.41, 5.74) is 3.39. The van der Waals surface area contributed by atoms with Gasteiger partial charge < -0.3 is 5.32 Å². The molecule has 132 valence electrons. The molecule has 3 nitrogen and oxygen atoms in total. The zero-order chi connectivity index (χ0) is 17.9. The van der Waals surface area contributed by atoms with Gasteiger partial charge in [-0.2, -0.15) is 0 Å². The van der Waals surface area contributed by atoms with Crippen LogP contribution in [-0.2, 0) is 0 Å². The minimum Gasteiger partial charge on any atom is -0.349 e. The second kappa shape index (κ2) is 7.58. The molecule has 4 rings (SSSR count). The lowest BCUT2D eigenvalue weighted by Crippen LogP contribution is -2.36. The Morgan fingerprint density at radius 3 is 2.50 bits per heavy atom. The number of halogens is 1. The smallest absolute Gasteiger partial charge is 0.252 e. The van der Waals surface area contributed by atoms with Crippen molar-refractivity contribution < 1.29 is 4.79 Å². The number of para-hydroxylation sites is 1. The van der Waals surface area contributed by atoms with Crippen LogP contribution < -0.4 is 5.32 Å². The average Bonchev–Trinajstić information content (AvgIpc) is 2.68. The summed E-state index contributed by atoms with van der Waals surface area (Å²) < 4.78 is 1.03. The molecule has 0 atom stereocenters. The molecule has 1 fully saturated rings. The predicted octanol–water partition coefficient (Wildman–Crippen LogP) is 5.73. The fourth-order valence-electron chi connectivity index (χ4n) is 3.64. The van der Waals surface area contributed by atoms with Gasteiger partial charge in [-0.1, -0.05) is 65.5 Å². The van der Waals surface area contributed by atoms with Crippen molar-refractivity contribution in [1.82, 2.24) is 10.3 Å². The number of carbonyl (C=O) groups excluding carboxylic acids is 1. The third-order valence-corrected chi connectivity index (χ3v) is 5.57. The number of pyridine rings is 1. The number of nitrogens with zero attached hydrogens (tertiary/aromatic N) is 1. The summed E-state index contributed by atoms with van der Waals surface area (Å²) in [7, 11) is 0. The van der Waals surface area contributed by atoms with Gasteiger partial charge in [0.1, 0.15) is 0 Å². The van der Waals surface area contributed by atoms with Gasteiger partial charge in [0, 0.05) is 21.5 Å². The van der Waals surface area contributed by atoms with Crippen molar-refractivity contribution in [2.75, 3.05) is 0 Å². The Morgan fingerprint density at radius 1 is 1.00 bits per heavy atom. The minimum absolute atomic E-state index is 0.00821. The van der Waals surface area contributed by atoms with Gasteiger partial charge in [-0.3, -0.25) is 4.79 Å². The van der Waals surface area contributed by atoms with Gasteiger partial charge in [-0.25, -0.2) is 4.98 Å². The molecule has 1 aromatic heterocycles. The Balaban J connectivity index is 1.74. The number of fused-ring (bicyclic) bond motifs is 1. The number of nitrogens with one attached hydrogen (secondary N) is 1. The highest BCUT2D eigenvalue weighted by Gasteiger charge is 2.19. The highest BCUT2D eigenvalue weighted by Crippen LogP contribution is 2.26. The molecule has 4 heteroatoms. The summed E-state index contributed by atoms with van der Waals surface area (Å²) in [5.74, 6) is 0.00821. The van der Waals surface area contributed by atoms with Crippen molar-refractivity contribution in [3.63, 3.8) is 0 Å². The molecule has 0 unspecified atom stereocenters. The topological polar surface area (TPSA) is 42.0 Å². The van der Waals surface area contributed by atoms with Crippen LogP contribution in [0.3, 0.4) is 0 Å². The van der Waals surface area contributed by atoms with Gasteiger partial charge in [-0.05, 0) is 37.1 Å². The number of amides is 1. The van der Waals surface area contributed by atoms with Crippen molar-refractivity contribution in [2.24, 2.45) is 0 Å². The van der Waals surface area contributed by atoms with E-state index >= 15 is 0 Å². The SMILES string of the molecule is O=C(NC1CCCCC1)c1cc(-c2ccc(Br)cc2)nc2ccccc12. The van der Waals surface area contributed by atoms with Crippen LogP contribution in [0.5, 0.6) is 0 Å². The number of rotatable bonds is 3. The summed E-state index contributed by atoms with van der Waals surface area (Å²) in [4.78, 5) is 17.8. The van der Waals surface area contributed by atoms with Gasteiger partial charge in [0.15, 0.2) is 0 Å². The molecule has 1 amide bonds. The molecule has 2 aromatic carbocycles. The van der Waals surface area contributed by atoms with Crippen LogP contribution in [0.4, 0.5) is 0 Å². The Morgan fingerprint density at radius 2 is 1.73 bits per heavy atom. The highest BCUT2D eigenvalue weighted by atomic mass is 79.9. The first-order valence-electron chi connectivity index (χ1n) is 9.17. The summed E-state index contributed by atoms with van der Waals surface area (Å²) in [6, 6.07) is 18.1. The molecule has 26 heavy (non-hydrogen) atoms. The van der Waals surface area contributed by atoms with Crippen LogP contribution in [0.25, 0.3) is 22.2 Å². The number of hydrogen-bond acceptors (Lipinski definition) is 2. The van der Waals surface area contributed by atoms with E-state index in [1.807, 2.05) is 54.6 Å². The zero-order valence-corrected chi connectivity index (χ0v) is 16.1. The van der Waals surface area contributed by atoms with Crippen LogP contribution in [-0.4, -0.2) is 16.9 Å². The Labute approximate surface area is 162 Å². The fraction of sp³-hybridized carbons (Fsp3) is 0.273. The largest absolute Gasteiger partial charge is 0.349 e. The molecule has 0 aliphatic heterocycles. The minimum atomic E-state index is 0.00821. The van der Waals surface area contributed by atoms with E-state index in [9.17, 15) is 4.79 Å². The third-order valence-electron chi connectivity index (χ3n) is 5.04. The summed E-state index contributed by atoms with van der Waals surface area (Å²) in [6.07, 6.45) is 5.83. The molecule has 3 aromatic rings. The molecule has 0 saturated heterocycles. The van der Waals surface area contributed by atoms with Gasteiger partial charge >= 0.3 is 0 Å². The molecule has 0 radical (unpaired) electrons. The Bertz CT molecular complexity index is 931. The van der Waals surface area contributed by atoms with Crippen molar-refractivity contribution in [3.05, 3.63) is 64.6 Å². The fourth-order valence-corrected chi connectivity index (χ4v) is 3.91. The molecule has 0 bridgehead atoms.